The average Bonchev–Trinajstić information content (AvgIpc) is 3.01. The van der Waals surface area contributed by atoms with Crippen LogP contribution in [0.5, 0.6) is 0 Å². The second-order valence-electron chi connectivity index (χ2n) is 6.37. The second kappa shape index (κ2) is 6.81. The van der Waals surface area contributed by atoms with E-state index in [9.17, 15) is 4.79 Å². The van der Waals surface area contributed by atoms with Crippen LogP contribution in [0.25, 0.3) is 0 Å². The van der Waals surface area contributed by atoms with Crippen molar-refractivity contribution >= 4 is 22.9 Å². The van der Waals surface area contributed by atoms with Crippen molar-refractivity contribution in [3.8, 4) is 0 Å². The number of anilines is 1. The smallest absolute Gasteiger partial charge is 0.270 e. The molecule has 0 aliphatic carbocycles. The Bertz CT molecular complexity index is 901. The SMILES string of the molecule is Cc1nc(Cc2ccccc2)sc1C(=O)N1CCCc2ccccc21. The van der Waals surface area contributed by atoms with Crippen LogP contribution in [0.15, 0.2) is 54.6 Å². The largest absolute Gasteiger partial charge is 0.307 e. The Morgan fingerprint density at radius 1 is 1.12 bits per heavy atom. The fourth-order valence-electron chi connectivity index (χ4n) is 3.36. The number of thiazole rings is 1. The van der Waals surface area contributed by atoms with Crippen LogP contribution in [-0.4, -0.2) is 17.4 Å². The molecule has 3 nitrogen and oxygen atoms in total. The summed E-state index contributed by atoms with van der Waals surface area (Å²) in [6, 6.07) is 18.5. The summed E-state index contributed by atoms with van der Waals surface area (Å²) in [5, 5.41) is 0.998. The summed E-state index contributed by atoms with van der Waals surface area (Å²) in [6.45, 7) is 2.72. The Morgan fingerprint density at radius 2 is 1.88 bits per heavy atom. The van der Waals surface area contributed by atoms with E-state index in [0.29, 0.717) is 0 Å². The molecule has 2 heterocycles. The van der Waals surface area contributed by atoms with Crippen LogP contribution in [0.4, 0.5) is 5.69 Å². The summed E-state index contributed by atoms with van der Waals surface area (Å²) >= 11 is 1.53. The van der Waals surface area contributed by atoms with Gasteiger partial charge in [0.1, 0.15) is 4.88 Å². The van der Waals surface area contributed by atoms with Crippen molar-refractivity contribution in [1.82, 2.24) is 4.98 Å². The van der Waals surface area contributed by atoms with Crippen molar-refractivity contribution in [1.29, 1.82) is 0 Å². The highest BCUT2D eigenvalue weighted by Crippen LogP contribution is 2.30. The zero-order chi connectivity index (χ0) is 17.2. The Hall–Kier alpha value is -2.46. The van der Waals surface area contributed by atoms with Gasteiger partial charge in [-0.2, -0.15) is 0 Å². The first-order valence-electron chi connectivity index (χ1n) is 8.62. The Morgan fingerprint density at radius 3 is 2.72 bits per heavy atom. The Kier molecular flexibility index (Phi) is 4.36. The van der Waals surface area contributed by atoms with Gasteiger partial charge in [-0.15, -0.1) is 11.3 Å². The number of rotatable bonds is 3. The minimum absolute atomic E-state index is 0.0847. The highest BCUT2D eigenvalue weighted by Gasteiger charge is 2.26. The molecule has 0 radical (unpaired) electrons. The summed E-state index contributed by atoms with van der Waals surface area (Å²) in [5.41, 5.74) is 4.37. The van der Waals surface area contributed by atoms with Crippen molar-refractivity contribution in [3.63, 3.8) is 0 Å². The minimum atomic E-state index is 0.0847. The lowest BCUT2D eigenvalue weighted by Gasteiger charge is -2.29. The summed E-state index contributed by atoms with van der Waals surface area (Å²) < 4.78 is 0. The van der Waals surface area contributed by atoms with E-state index >= 15 is 0 Å². The number of aryl methyl sites for hydroxylation is 2. The lowest BCUT2D eigenvalue weighted by atomic mass is 10.0. The number of fused-ring (bicyclic) bond motifs is 1. The van der Waals surface area contributed by atoms with Crippen molar-refractivity contribution in [3.05, 3.63) is 81.3 Å². The van der Waals surface area contributed by atoms with Crippen LogP contribution >= 0.6 is 11.3 Å². The first-order chi connectivity index (χ1) is 12.2. The van der Waals surface area contributed by atoms with Gasteiger partial charge in [0.15, 0.2) is 0 Å². The normalized spacial score (nSPS) is 13.6. The van der Waals surface area contributed by atoms with Crippen molar-refractivity contribution in [2.45, 2.75) is 26.2 Å². The number of amides is 1. The summed E-state index contributed by atoms with van der Waals surface area (Å²) in [4.78, 5) is 20.5. The first kappa shape index (κ1) is 16.0. The van der Waals surface area contributed by atoms with Gasteiger partial charge in [-0.05, 0) is 37.0 Å². The van der Waals surface area contributed by atoms with Crippen LogP contribution in [0.3, 0.4) is 0 Å². The van der Waals surface area contributed by atoms with Crippen LogP contribution < -0.4 is 4.90 Å². The van der Waals surface area contributed by atoms with Gasteiger partial charge < -0.3 is 4.90 Å². The molecule has 1 aliphatic rings. The molecule has 0 saturated carbocycles. The van der Waals surface area contributed by atoms with Crippen LogP contribution in [0.1, 0.15) is 37.9 Å². The standard InChI is InChI=1S/C21H20N2OS/c1-15-20(25-19(22-15)14-16-8-3-2-4-9-16)21(24)23-13-7-11-17-10-5-6-12-18(17)23/h2-6,8-10,12H,7,11,13-14H2,1H3. The predicted molar refractivity (Wildman–Crippen MR) is 103 cm³/mol. The third-order valence-corrected chi connectivity index (χ3v) is 5.73. The molecule has 0 fully saturated rings. The number of carbonyl (C=O) groups excluding carboxylic acids is 1. The van der Waals surface area contributed by atoms with Gasteiger partial charge in [0, 0.05) is 18.7 Å². The number of nitrogens with zero attached hydrogens (tertiary/aromatic N) is 2. The number of hydrogen-bond donors (Lipinski definition) is 0. The third kappa shape index (κ3) is 3.22. The molecule has 4 heteroatoms. The molecule has 1 aliphatic heterocycles. The molecule has 2 aromatic carbocycles. The molecular formula is C21H20N2OS. The molecule has 1 aromatic heterocycles. The molecule has 126 valence electrons. The lowest BCUT2D eigenvalue weighted by Crippen LogP contribution is -2.35. The fourth-order valence-corrected chi connectivity index (χ4v) is 4.41. The topological polar surface area (TPSA) is 33.2 Å². The highest BCUT2D eigenvalue weighted by molar-refractivity contribution is 7.14. The molecule has 25 heavy (non-hydrogen) atoms. The van der Waals surface area contributed by atoms with Crippen LogP contribution in [-0.2, 0) is 12.8 Å². The second-order valence-corrected chi connectivity index (χ2v) is 7.46. The van der Waals surface area contributed by atoms with E-state index < -0.39 is 0 Å². The van der Waals surface area contributed by atoms with Crippen LogP contribution in [0.2, 0.25) is 0 Å². The summed E-state index contributed by atoms with van der Waals surface area (Å²) in [6.07, 6.45) is 2.83. The molecule has 1 amide bonds. The number of para-hydroxylation sites is 1. The maximum atomic E-state index is 13.1. The molecule has 0 saturated heterocycles. The van der Waals surface area contributed by atoms with E-state index in [4.69, 9.17) is 0 Å². The maximum Gasteiger partial charge on any atom is 0.270 e. The zero-order valence-electron chi connectivity index (χ0n) is 14.2. The van der Waals surface area contributed by atoms with Gasteiger partial charge in [-0.3, -0.25) is 4.79 Å². The van der Waals surface area contributed by atoms with Crippen molar-refractivity contribution in [2.75, 3.05) is 11.4 Å². The fraction of sp³-hybridized carbons (Fsp3) is 0.238. The molecule has 4 rings (SSSR count). The van der Waals surface area contributed by atoms with Gasteiger partial charge in [0.05, 0.1) is 10.7 Å². The molecule has 3 aromatic rings. The number of carbonyl (C=O) groups is 1. The monoisotopic (exact) mass is 348 g/mol. The zero-order valence-corrected chi connectivity index (χ0v) is 15.1. The summed E-state index contributed by atoms with van der Waals surface area (Å²) in [7, 11) is 0. The van der Waals surface area contributed by atoms with Gasteiger partial charge >= 0.3 is 0 Å². The van der Waals surface area contributed by atoms with Gasteiger partial charge in [-0.1, -0.05) is 48.5 Å². The average molecular weight is 348 g/mol. The van der Waals surface area contributed by atoms with Gasteiger partial charge in [-0.25, -0.2) is 4.98 Å². The van der Waals surface area contributed by atoms with E-state index in [-0.39, 0.29) is 5.91 Å². The minimum Gasteiger partial charge on any atom is -0.307 e. The van der Waals surface area contributed by atoms with Crippen molar-refractivity contribution < 1.29 is 4.79 Å². The molecule has 0 bridgehead atoms. The van der Waals surface area contributed by atoms with Crippen molar-refractivity contribution in [2.24, 2.45) is 0 Å². The van der Waals surface area contributed by atoms with E-state index in [1.807, 2.05) is 48.2 Å². The van der Waals surface area contributed by atoms with Gasteiger partial charge in [0.2, 0.25) is 0 Å². The number of hydrogen-bond acceptors (Lipinski definition) is 3. The lowest BCUT2D eigenvalue weighted by molar-refractivity contribution is 0.0988. The van der Waals surface area contributed by atoms with E-state index in [0.717, 1.165) is 47.1 Å². The van der Waals surface area contributed by atoms with E-state index in [1.165, 1.54) is 22.5 Å². The molecule has 0 spiro atoms. The van der Waals surface area contributed by atoms with E-state index in [1.54, 1.807) is 0 Å². The Balaban J connectivity index is 1.61. The highest BCUT2D eigenvalue weighted by atomic mass is 32.1. The first-order valence-corrected chi connectivity index (χ1v) is 9.44. The van der Waals surface area contributed by atoms with E-state index in [2.05, 4.69) is 23.2 Å². The Labute approximate surface area is 152 Å². The third-order valence-electron chi connectivity index (χ3n) is 4.59. The summed E-state index contributed by atoms with van der Waals surface area (Å²) in [5.74, 6) is 0.0847. The molecule has 0 atom stereocenters. The molecular weight excluding hydrogens is 328 g/mol. The molecule has 0 N–H and O–H groups in total. The van der Waals surface area contributed by atoms with Crippen LogP contribution in [0, 0.1) is 6.92 Å². The number of benzene rings is 2. The molecule has 0 unspecified atom stereocenters. The number of aromatic nitrogens is 1. The maximum absolute atomic E-state index is 13.1. The quantitative estimate of drug-likeness (QED) is 0.691. The van der Waals surface area contributed by atoms with Gasteiger partial charge in [0.25, 0.3) is 5.91 Å². The predicted octanol–water partition coefficient (Wildman–Crippen LogP) is 4.64.